The molecule has 1 aliphatic rings. The fraction of sp³-hybridized carbons (Fsp3) is 0.385. The second-order valence-electron chi connectivity index (χ2n) is 3.94. The average Bonchev–Trinajstić information content (AvgIpc) is 2.23. The van der Waals surface area contributed by atoms with Crippen LogP contribution in [-0.4, -0.2) is 11.2 Å². The van der Waals surface area contributed by atoms with Crippen molar-refractivity contribution >= 4 is 5.57 Å². The number of allylic oxidation sites excluding steroid dienone is 1. The first kappa shape index (κ1) is 12.7. The quantitative estimate of drug-likeness (QED) is 0.804. The van der Waals surface area contributed by atoms with Crippen LogP contribution in [0.3, 0.4) is 0 Å². The molecular formula is C13H16OW. The summed E-state index contributed by atoms with van der Waals surface area (Å²) in [5.74, 6) is 0. The third kappa shape index (κ3) is 2.80. The molecule has 0 heterocycles. The molecule has 1 N–H and O–H groups in total. The summed E-state index contributed by atoms with van der Waals surface area (Å²) in [7, 11) is 0. The second kappa shape index (κ2) is 5.63. The molecule has 15 heavy (non-hydrogen) atoms. The summed E-state index contributed by atoms with van der Waals surface area (Å²) in [5, 5.41) is 9.75. The van der Waals surface area contributed by atoms with Crippen LogP contribution < -0.4 is 0 Å². The van der Waals surface area contributed by atoms with Gasteiger partial charge in [0.15, 0.2) is 0 Å². The van der Waals surface area contributed by atoms with E-state index in [9.17, 15) is 5.11 Å². The van der Waals surface area contributed by atoms with E-state index < -0.39 is 0 Å². The van der Waals surface area contributed by atoms with Crippen molar-refractivity contribution in [1.82, 2.24) is 0 Å². The van der Waals surface area contributed by atoms with Crippen molar-refractivity contribution in [2.75, 3.05) is 0 Å². The van der Waals surface area contributed by atoms with Crippen LogP contribution in [-0.2, 0) is 21.1 Å². The maximum Gasteiger partial charge on any atom is 0.0753 e. The fourth-order valence-electron chi connectivity index (χ4n) is 2.10. The molecule has 2 heteroatoms. The van der Waals surface area contributed by atoms with Crippen LogP contribution in [0.15, 0.2) is 35.9 Å². The first-order valence-corrected chi connectivity index (χ1v) is 5.22. The minimum Gasteiger partial charge on any atom is -0.389 e. The molecule has 0 amide bonds. The van der Waals surface area contributed by atoms with Gasteiger partial charge >= 0.3 is 0 Å². The number of hydrogen-bond donors (Lipinski definition) is 1. The van der Waals surface area contributed by atoms with Crippen LogP contribution in [0.1, 0.15) is 31.7 Å². The van der Waals surface area contributed by atoms with Crippen molar-refractivity contribution in [3.8, 4) is 0 Å². The van der Waals surface area contributed by atoms with Gasteiger partial charge in [0.2, 0.25) is 0 Å². The normalized spacial score (nSPS) is 21.1. The maximum absolute atomic E-state index is 9.75. The van der Waals surface area contributed by atoms with Crippen LogP contribution in [0, 0.1) is 0 Å². The molecule has 1 atom stereocenters. The van der Waals surface area contributed by atoms with E-state index in [2.05, 4.69) is 24.3 Å². The number of aliphatic hydroxyl groups excluding tert-OH is 1. The van der Waals surface area contributed by atoms with Crippen molar-refractivity contribution in [2.45, 2.75) is 32.3 Å². The minimum absolute atomic E-state index is 0. The standard InChI is InChI=1S/C13H16O.W/c1-10-12(8-5-9-13(10)14)11-6-3-2-4-7-11;/h2-4,6-7,13-14H,5,8-9H2,1H3;/t13-;/m1./s1. The Hall–Kier alpha value is -0.392. The summed E-state index contributed by atoms with van der Waals surface area (Å²) >= 11 is 0. The number of hydrogen-bond acceptors (Lipinski definition) is 1. The van der Waals surface area contributed by atoms with Crippen LogP contribution in [0.2, 0.25) is 0 Å². The Morgan fingerprint density at radius 3 is 2.53 bits per heavy atom. The summed E-state index contributed by atoms with van der Waals surface area (Å²) in [5.41, 5.74) is 3.76. The van der Waals surface area contributed by atoms with Gasteiger partial charge in [0, 0.05) is 21.1 Å². The van der Waals surface area contributed by atoms with Crippen molar-refractivity contribution < 1.29 is 26.2 Å². The fourth-order valence-corrected chi connectivity index (χ4v) is 2.10. The monoisotopic (exact) mass is 372 g/mol. The van der Waals surface area contributed by atoms with Crippen molar-refractivity contribution in [3.63, 3.8) is 0 Å². The van der Waals surface area contributed by atoms with Gasteiger partial charge in [0.25, 0.3) is 0 Å². The Bertz CT molecular complexity index is 343. The molecule has 0 aromatic heterocycles. The molecule has 0 fully saturated rings. The zero-order valence-corrected chi connectivity index (χ0v) is 11.9. The topological polar surface area (TPSA) is 20.2 Å². The van der Waals surface area contributed by atoms with Gasteiger partial charge in [-0.15, -0.1) is 0 Å². The first-order chi connectivity index (χ1) is 6.79. The Morgan fingerprint density at radius 1 is 1.20 bits per heavy atom. The van der Waals surface area contributed by atoms with Gasteiger partial charge in [-0.3, -0.25) is 0 Å². The van der Waals surface area contributed by atoms with Gasteiger partial charge in [0.1, 0.15) is 0 Å². The minimum atomic E-state index is -0.223. The average molecular weight is 372 g/mol. The third-order valence-electron chi connectivity index (χ3n) is 3.00. The SMILES string of the molecule is CC1=C(c2ccccc2)CCC[C@H]1O.[W]. The molecule has 0 saturated carbocycles. The van der Waals surface area contributed by atoms with Gasteiger partial charge in [-0.25, -0.2) is 0 Å². The van der Waals surface area contributed by atoms with E-state index in [1.54, 1.807) is 0 Å². The maximum atomic E-state index is 9.75. The van der Waals surface area contributed by atoms with Crippen LogP contribution >= 0.6 is 0 Å². The summed E-state index contributed by atoms with van der Waals surface area (Å²) in [4.78, 5) is 0. The molecule has 0 unspecified atom stereocenters. The van der Waals surface area contributed by atoms with E-state index in [0.717, 1.165) is 24.8 Å². The molecule has 0 saturated heterocycles. The molecule has 0 radical (unpaired) electrons. The van der Waals surface area contributed by atoms with Gasteiger partial charge in [-0.2, -0.15) is 0 Å². The molecule has 1 aliphatic carbocycles. The van der Waals surface area contributed by atoms with Crippen molar-refractivity contribution in [2.24, 2.45) is 0 Å². The summed E-state index contributed by atoms with van der Waals surface area (Å²) in [6, 6.07) is 10.4. The molecule has 1 aromatic carbocycles. The summed E-state index contributed by atoms with van der Waals surface area (Å²) < 4.78 is 0. The van der Waals surface area contributed by atoms with Crippen LogP contribution in [0.25, 0.3) is 5.57 Å². The Kier molecular flexibility index (Phi) is 4.76. The molecular weight excluding hydrogens is 356 g/mol. The predicted octanol–water partition coefficient (Wildman–Crippen LogP) is 3.00. The summed E-state index contributed by atoms with van der Waals surface area (Å²) in [6.45, 7) is 2.05. The molecule has 1 aromatic rings. The van der Waals surface area contributed by atoms with E-state index in [1.807, 2.05) is 13.0 Å². The Balaban J connectivity index is 0.00000112. The number of rotatable bonds is 1. The van der Waals surface area contributed by atoms with Crippen LogP contribution in [0.4, 0.5) is 0 Å². The van der Waals surface area contributed by atoms with E-state index in [4.69, 9.17) is 0 Å². The first-order valence-electron chi connectivity index (χ1n) is 5.22. The zero-order valence-electron chi connectivity index (χ0n) is 8.94. The molecule has 0 bridgehead atoms. The molecule has 2 rings (SSSR count). The zero-order chi connectivity index (χ0) is 9.97. The Morgan fingerprint density at radius 2 is 1.87 bits per heavy atom. The number of aliphatic hydroxyl groups is 1. The molecule has 0 aliphatic heterocycles. The predicted molar refractivity (Wildman–Crippen MR) is 58.9 cm³/mol. The summed E-state index contributed by atoms with van der Waals surface area (Å²) in [6.07, 6.45) is 2.90. The van der Waals surface area contributed by atoms with Crippen molar-refractivity contribution in [3.05, 3.63) is 41.5 Å². The van der Waals surface area contributed by atoms with Crippen molar-refractivity contribution in [1.29, 1.82) is 0 Å². The Labute approximate surface area is 105 Å². The number of benzene rings is 1. The molecule has 80 valence electrons. The van der Waals surface area contributed by atoms with E-state index >= 15 is 0 Å². The van der Waals surface area contributed by atoms with Gasteiger partial charge in [-0.1, -0.05) is 30.3 Å². The van der Waals surface area contributed by atoms with E-state index in [1.165, 1.54) is 11.1 Å². The van der Waals surface area contributed by atoms with E-state index in [0.29, 0.717) is 0 Å². The third-order valence-corrected chi connectivity index (χ3v) is 3.00. The molecule has 1 nitrogen and oxygen atoms in total. The van der Waals surface area contributed by atoms with E-state index in [-0.39, 0.29) is 27.2 Å². The van der Waals surface area contributed by atoms with Gasteiger partial charge < -0.3 is 5.11 Å². The molecule has 0 spiro atoms. The van der Waals surface area contributed by atoms with Gasteiger partial charge in [0.05, 0.1) is 6.10 Å². The van der Waals surface area contributed by atoms with Gasteiger partial charge in [-0.05, 0) is 42.9 Å². The smallest absolute Gasteiger partial charge is 0.0753 e. The largest absolute Gasteiger partial charge is 0.389 e. The second-order valence-corrected chi connectivity index (χ2v) is 3.94. The van der Waals surface area contributed by atoms with Crippen LogP contribution in [0.5, 0.6) is 0 Å².